The van der Waals surface area contributed by atoms with E-state index < -0.39 is 5.91 Å². The van der Waals surface area contributed by atoms with Crippen LogP contribution in [-0.2, 0) is 0 Å². The number of hydrazone groups is 1. The van der Waals surface area contributed by atoms with Crippen molar-refractivity contribution >= 4 is 46.9 Å². The molecule has 1 amide bonds. The fourth-order valence-electron chi connectivity index (χ4n) is 2.21. The molecule has 3 aromatic rings. The Bertz CT molecular complexity index is 996. The summed E-state index contributed by atoms with van der Waals surface area (Å²) >= 11 is 17.9. The number of aryl methyl sites for hydroxylation is 1. The Kier molecular flexibility index (Phi) is 5.67. The van der Waals surface area contributed by atoms with Gasteiger partial charge >= 0.3 is 0 Å². The molecule has 1 N–H and O–H groups in total. The number of nitrogens with zero attached hydrogens (tertiary/aromatic N) is 1. The number of amides is 1. The van der Waals surface area contributed by atoms with Gasteiger partial charge in [-0.25, -0.2) is 5.43 Å². The van der Waals surface area contributed by atoms with Gasteiger partial charge in [0.15, 0.2) is 0 Å². The molecule has 2 aromatic carbocycles. The molecule has 1 aromatic heterocycles. The lowest BCUT2D eigenvalue weighted by Crippen LogP contribution is -2.17. The third-order valence-corrected chi connectivity index (χ3v) is 4.57. The lowest BCUT2D eigenvalue weighted by Gasteiger charge is -2.02. The molecule has 0 radical (unpaired) electrons. The number of hydrogen-bond acceptors (Lipinski definition) is 3. The second-order valence-corrected chi connectivity index (χ2v) is 6.74. The first-order valence-corrected chi connectivity index (χ1v) is 8.72. The molecule has 132 valence electrons. The molecule has 0 atom stereocenters. The first-order chi connectivity index (χ1) is 12.4. The number of benzene rings is 2. The van der Waals surface area contributed by atoms with Crippen molar-refractivity contribution in [1.82, 2.24) is 5.43 Å². The summed E-state index contributed by atoms with van der Waals surface area (Å²) < 4.78 is 5.69. The number of halogens is 3. The molecule has 0 aliphatic carbocycles. The van der Waals surface area contributed by atoms with E-state index in [0.29, 0.717) is 21.6 Å². The fourth-order valence-corrected chi connectivity index (χ4v) is 2.89. The largest absolute Gasteiger partial charge is 0.455 e. The Morgan fingerprint density at radius 3 is 2.58 bits per heavy atom. The Hall–Kier alpha value is -2.27. The number of carbonyl (C=O) groups excluding carboxylic acids is 1. The SMILES string of the molecule is Cc1ccc(-c2ccc(C=NNC(=O)c3ccc(Cl)cc3Cl)o2)cc1Cl. The molecular weight excluding hydrogens is 395 g/mol. The third kappa shape index (κ3) is 4.28. The molecule has 0 spiro atoms. The molecule has 0 saturated heterocycles. The van der Waals surface area contributed by atoms with Crippen LogP contribution in [0.5, 0.6) is 0 Å². The second-order valence-electron chi connectivity index (χ2n) is 5.49. The lowest BCUT2D eigenvalue weighted by atomic mass is 10.1. The van der Waals surface area contributed by atoms with Gasteiger partial charge in [-0.1, -0.05) is 46.9 Å². The van der Waals surface area contributed by atoms with Crippen LogP contribution in [0.25, 0.3) is 11.3 Å². The van der Waals surface area contributed by atoms with Crippen molar-refractivity contribution in [3.8, 4) is 11.3 Å². The van der Waals surface area contributed by atoms with Gasteiger partial charge in [0.05, 0.1) is 16.8 Å². The van der Waals surface area contributed by atoms with E-state index in [1.165, 1.54) is 18.3 Å². The highest BCUT2D eigenvalue weighted by Crippen LogP contribution is 2.26. The molecular formula is C19H13Cl3N2O2. The Balaban J connectivity index is 1.68. The summed E-state index contributed by atoms with van der Waals surface area (Å²) in [6.07, 6.45) is 1.40. The molecule has 0 bridgehead atoms. The normalized spacial score (nSPS) is 11.1. The summed E-state index contributed by atoms with van der Waals surface area (Å²) in [7, 11) is 0. The van der Waals surface area contributed by atoms with Crippen LogP contribution in [0.1, 0.15) is 21.7 Å². The zero-order valence-electron chi connectivity index (χ0n) is 13.6. The van der Waals surface area contributed by atoms with Crippen molar-refractivity contribution in [3.63, 3.8) is 0 Å². The monoisotopic (exact) mass is 406 g/mol. The average Bonchev–Trinajstić information content (AvgIpc) is 3.06. The predicted octanol–water partition coefficient (Wildman–Crippen LogP) is 5.98. The average molecular weight is 408 g/mol. The maximum Gasteiger partial charge on any atom is 0.272 e. The smallest absolute Gasteiger partial charge is 0.272 e. The van der Waals surface area contributed by atoms with Crippen LogP contribution in [-0.4, -0.2) is 12.1 Å². The van der Waals surface area contributed by atoms with Gasteiger partial charge in [0.25, 0.3) is 5.91 Å². The molecule has 0 fully saturated rings. The Morgan fingerprint density at radius 2 is 1.85 bits per heavy atom. The van der Waals surface area contributed by atoms with E-state index in [-0.39, 0.29) is 10.6 Å². The molecule has 0 saturated carbocycles. The summed E-state index contributed by atoms with van der Waals surface area (Å²) in [5, 5.41) is 5.26. The van der Waals surface area contributed by atoms with Crippen molar-refractivity contribution in [2.45, 2.75) is 6.92 Å². The van der Waals surface area contributed by atoms with Gasteiger partial charge in [-0.2, -0.15) is 5.10 Å². The van der Waals surface area contributed by atoms with Crippen LogP contribution in [0.3, 0.4) is 0 Å². The summed E-state index contributed by atoms with van der Waals surface area (Å²) in [4.78, 5) is 12.1. The third-order valence-electron chi connectivity index (χ3n) is 3.62. The first kappa shape index (κ1) is 18.5. The van der Waals surface area contributed by atoms with E-state index in [1.807, 2.05) is 25.1 Å². The lowest BCUT2D eigenvalue weighted by molar-refractivity contribution is 0.0955. The summed E-state index contributed by atoms with van der Waals surface area (Å²) in [5.74, 6) is 0.694. The van der Waals surface area contributed by atoms with Crippen molar-refractivity contribution in [1.29, 1.82) is 0 Å². The highest BCUT2D eigenvalue weighted by molar-refractivity contribution is 6.36. The van der Waals surface area contributed by atoms with Gasteiger partial charge < -0.3 is 4.42 Å². The minimum atomic E-state index is -0.444. The van der Waals surface area contributed by atoms with E-state index in [2.05, 4.69) is 10.5 Å². The number of carbonyl (C=O) groups is 1. The molecule has 4 nitrogen and oxygen atoms in total. The van der Waals surface area contributed by atoms with Crippen molar-refractivity contribution in [3.05, 3.63) is 80.5 Å². The van der Waals surface area contributed by atoms with E-state index in [1.54, 1.807) is 18.2 Å². The van der Waals surface area contributed by atoms with E-state index in [0.717, 1.165) is 11.1 Å². The van der Waals surface area contributed by atoms with Crippen molar-refractivity contribution in [2.75, 3.05) is 0 Å². The first-order valence-electron chi connectivity index (χ1n) is 7.59. The van der Waals surface area contributed by atoms with Gasteiger partial charge in [0.2, 0.25) is 0 Å². The number of rotatable bonds is 4. The standard InChI is InChI=1S/C19H13Cl3N2O2/c1-11-2-3-12(8-16(11)21)18-7-5-14(26-18)10-23-24-19(25)15-6-4-13(20)9-17(15)22/h2-10H,1H3,(H,24,25). The van der Waals surface area contributed by atoms with Gasteiger partial charge in [-0.05, 0) is 48.9 Å². The van der Waals surface area contributed by atoms with Crippen molar-refractivity contribution in [2.24, 2.45) is 5.10 Å². The minimum Gasteiger partial charge on any atom is -0.455 e. The number of furan rings is 1. The van der Waals surface area contributed by atoms with Crippen LogP contribution in [0.15, 0.2) is 58.0 Å². The van der Waals surface area contributed by atoms with E-state index in [4.69, 9.17) is 39.2 Å². The maximum atomic E-state index is 12.1. The zero-order valence-corrected chi connectivity index (χ0v) is 15.9. The quantitative estimate of drug-likeness (QED) is 0.427. The van der Waals surface area contributed by atoms with Crippen LogP contribution >= 0.6 is 34.8 Å². The van der Waals surface area contributed by atoms with Gasteiger partial charge in [-0.15, -0.1) is 0 Å². The molecule has 0 unspecified atom stereocenters. The van der Waals surface area contributed by atoms with Gasteiger partial charge in [-0.3, -0.25) is 4.79 Å². The molecule has 1 heterocycles. The predicted molar refractivity (Wildman–Crippen MR) is 105 cm³/mol. The number of nitrogens with one attached hydrogen (secondary N) is 1. The minimum absolute atomic E-state index is 0.252. The molecule has 26 heavy (non-hydrogen) atoms. The van der Waals surface area contributed by atoms with Gasteiger partial charge in [0, 0.05) is 15.6 Å². The van der Waals surface area contributed by atoms with Gasteiger partial charge in [0.1, 0.15) is 11.5 Å². The second kappa shape index (κ2) is 7.96. The van der Waals surface area contributed by atoms with Crippen LogP contribution in [0.2, 0.25) is 15.1 Å². The zero-order chi connectivity index (χ0) is 18.7. The van der Waals surface area contributed by atoms with Crippen LogP contribution < -0.4 is 5.43 Å². The number of hydrogen-bond donors (Lipinski definition) is 1. The highest BCUT2D eigenvalue weighted by Gasteiger charge is 2.10. The summed E-state index contributed by atoms with van der Waals surface area (Å²) in [6.45, 7) is 1.93. The maximum absolute atomic E-state index is 12.1. The molecule has 7 heteroatoms. The van der Waals surface area contributed by atoms with E-state index >= 15 is 0 Å². The molecule has 3 rings (SSSR count). The van der Waals surface area contributed by atoms with Crippen LogP contribution in [0, 0.1) is 6.92 Å². The molecule has 0 aliphatic rings. The Labute approximate surface area is 165 Å². The van der Waals surface area contributed by atoms with Crippen LogP contribution in [0.4, 0.5) is 0 Å². The fraction of sp³-hybridized carbons (Fsp3) is 0.0526. The van der Waals surface area contributed by atoms with E-state index in [9.17, 15) is 4.79 Å². The van der Waals surface area contributed by atoms with Crippen molar-refractivity contribution < 1.29 is 9.21 Å². The highest BCUT2D eigenvalue weighted by atomic mass is 35.5. The molecule has 0 aliphatic heterocycles. The summed E-state index contributed by atoms with van der Waals surface area (Å²) in [6, 6.07) is 13.8. The Morgan fingerprint density at radius 1 is 1.04 bits per heavy atom. The summed E-state index contributed by atoms with van der Waals surface area (Å²) in [5.41, 5.74) is 4.53. The topological polar surface area (TPSA) is 54.6 Å².